The molecule has 0 rings (SSSR count). The number of aliphatic hydroxyl groups excluding tert-OH is 1. The Morgan fingerprint density at radius 3 is 1.50 bits per heavy atom. The Balaban J connectivity index is 3.92. The number of phosphoric acid groups is 1. The van der Waals surface area contributed by atoms with Crippen LogP contribution in [-0.2, 0) is 32.7 Å². The van der Waals surface area contributed by atoms with E-state index in [0.29, 0.717) is 12.8 Å². The molecule has 0 aromatic rings. The summed E-state index contributed by atoms with van der Waals surface area (Å²) in [5.74, 6) is -2.37. The summed E-state index contributed by atoms with van der Waals surface area (Å²) in [6.07, 6.45) is 33.8. The molecule has 306 valence electrons. The molecule has 1 amide bonds. The summed E-state index contributed by atoms with van der Waals surface area (Å²) >= 11 is 0. The van der Waals surface area contributed by atoms with E-state index in [-0.39, 0.29) is 12.8 Å². The number of aliphatic carboxylic acids is 1. The van der Waals surface area contributed by atoms with Crippen molar-refractivity contribution in [2.24, 2.45) is 0 Å². The maximum Gasteiger partial charge on any atom is 0.472 e. The number of aliphatic hydroxyl groups is 1. The molecule has 4 N–H and O–H groups in total. The summed E-state index contributed by atoms with van der Waals surface area (Å²) in [5.41, 5.74) is 0. The van der Waals surface area contributed by atoms with Gasteiger partial charge in [-0.15, -0.1) is 0 Å². The number of nitrogens with one attached hydrogen (secondary N) is 1. The zero-order valence-electron chi connectivity index (χ0n) is 32.9. The van der Waals surface area contributed by atoms with E-state index in [4.69, 9.17) is 13.8 Å². The number of unbranched alkanes of at least 4 members (excludes halogenated alkanes) is 23. The summed E-state index contributed by atoms with van der Waals surface area (Å²) in [5, 5.41) is 21.8. The third-order valence-electron chi connectivity index (χ3n) is 9.05. The number of allylic oxidation sites excluding steroid dienone is 2. The number of ether oxygens (including phenoxy) is 1. The SMILES string of the molecule is CCCCC/C=C\CCCCCCCC(=O)OCC(O)COP(=O)(O)OCC(NC(=O)CCCCCCCCCCCCCCCCCC)C(=O)O. The molecule has 0 aliphatic carbocycles. The van der Waals surface area contributed by atoms with Crippen LogP contribution in [0.2, 0.25) is 0 Å². The molecule has 0 fully saturated rings. The van der Waals surface area contributed by atoms with Gasteiger partial charge in [-0.25, -0.2) is 9.36 Å². The van der Waals surface area contributed by atoms with E-state index >= 15 is 0 Å². The Kier molecular flexibility index (Phi) is 35.0. The average molecular weight is 762 g/mol. The predicted octanol–water partition coefficient (Wildman–Crippen LogP) is 10.1. The van der Waals surface area contributed by atoms with Crippen LogP contribution in [-0.4, -0.2) is 64.9 Å². The summed E-state index contributed by atoms with van der Waals surface area (Å²) in [6, 6.07) is -1.54. The number of hydrogen-bond acceptors (Lipinski definition) is 8. The van der Waals surface area contributed by atoms with Crippen LogP contribution in [0.15, 0.2) is 12.2 Å². The van der Waals surface area contributed by atoms with E-state index in [1.807, 2.05) is 0 Å². The second kappa shape index (κ2) is 36.2. The zero-order valence-corrected chi connectivity index (χ0v) is 33.8. The molecule has 3 atom stereocenters. The lowest BCUT2D eigenvalue weighted by Gasteiger charge is -2.18. The van der Waals surface area contributed by atoms with Gasteiger partial charge in [0.15, 0.2) is 6.04 Å². The summed E-state index contributed by atoms with van der Waals surface area (Å²) in [6.45, 7) is 2.56. The molecule has 0 bridgehead atoms. The highest BCUT2D eigenvalue weighted by atomic mass is 31.2. The Bertz CT molecular complexity index is 947. The molecule has 3 unspecified atom stereocenters. The van der Waals surface area contributed by atoms with Gasteiger partial charge in [0.05, 0.1) is 13.2 Å². The first kappa shape index (κ1) is 50.2. The van der Waals surface area contributed by atoms with E-state index in [2.05, 4.69) is 31.3 Å². The van der Waals surface area contributed by atoms with Crippen molar-refractivity contribution in [2.75, 3.05) is 19.8 Å². The van der Waals surface area contributed by atoms with Gasteiger partial charge in [-0.1, -0.05) is 154 Å². The van der Waals surface area contributed by atoms with Crippen molar-refractivity contribution >= 4 is 25.7 Å². The first-order valence-corrected chi connectivity index (χ1v) is 22.2. The van der Waals surface area contributed by atoms with Crippen LogP contribution >= 0.6 is 7.82 Å². The second-order valence-corrected chi connectivity index (χ2v) is 15.6. The normalized spacial score (nSPS) is 13.9. The first-order valence-electron chi connectivity index (χ1n) is 20.7. The van der Waals surface area contributed by atoms with Gasteiger partial charge in [-0.05, 0) is 38.5 Å². The van der Waals surface area contributed by atoms with Crippen LogP contribution in [0.4, 0.5) is 0 Å². The number of hydrogen-bond donors (Lipinski definition) is 4. The molecule has 0 aliphatic heterocycles. The molecular formula is C40H76NO10P. The van der Waals surface area contributed by atoms with Gasteiger partial charge in [0, 0.05) is 12.8 Å². The smallest absolute Gasteiger partial charge is 0.472 e. The minimum Gasteiger partial charge on any atom is -0.480 e. The third-order valence-corrected chi connectivity index (χ3v) is 10.0. The minimum atomic E-state index is -4.75. The van der Waals surface area contributed by atoms with Crippen LogP contribution in [0.25, 0.3) is 0 Å². The van der Waals surface area contributed by atoms with Crippen LogP contribution in [0.5, 0.6) is 0 Å². The molecule has 0 saturated carbocycles. The van der Waals surface area contributed by atoms with Gasteiger partial charge >= 0.3 is 19.8 Å². The molecular weight excluding hydrogens is 685 g/mol. The van der Waals surface area contributed by atoms with E-state index in [0.717, 1.165) is 57.8 Å². The van der Waals surface area contributed by atoms with Crippen molar-refractivity contribution in [1.82, 2.24) is 5.32 Å². The van der Waals surface area contributed by atoms with Gasteiger partial charge in [0.1, 0.15) is 12.7 Å². The third kappa shape index (κ3) is 35.3. The van der Waals surface area contributed by atoms with Gasteiger partial charge in [-0.3, -0.25) is 18.6 Å². The Hall–Kier alpha value is -1.78. The molecule has 0 aliphatic rings. The fourth-order valence-electron chi connectivity index (χ4n) is 5.78. The van der Waals surface area contributed by atoms with E-state index < -0.39 is 57.6 Å². The quantitative estimate of drug-likeness (QED) is 0.0205. The first-order chi connectivity index (χ1) is 25.1. The van der Waals surface area contributed by atoms with Crippen molar-refractivity contribution in [1.29, 1.82) is 0 Å². The molecule has 52 heavy (non-hydrogen) atoms. The number of rotatable bonds is 39. The molecule has 0 aromatic carbocycles. The number of amides is 1. The highest BCUT2D eigenvalue weighted by molar-refractivity contribution is 7.47. The number of carbonyl (C=O) groups is 3. The predicted molar refractivity (Wildman–Crippen MR) is 208 cm³/mol. The van der Waals surface area contributed by atoms with E-state index in [1.165, 1.54) is 96.3 Å². The van der Waals surface area contributed by atoms with Crippen molar-refractivity contribution in [2.45, 2.75) is 206 Å². The standard InChI is InChI=1S/C40H76NO10P/c1-3-5-7-9-11-13-15-17-18-19-20-21-23-25-27-29-31-38(43)41-37(40(45)46)35-51-52(47,48)50-34-36(42)33-49-39(44)32-30-28-26-24-22-16-14-12-10-8-6-4-2/h12,14,36-37,42H,3-11,13,15-35H2,1-2H3,(H,41,43)(H,45,46)(H,47,48)/b14-12-. The highest BCUT2D eigenvalue weighted by Gasteiger charge is 2.28. The second-order valence-electron chi connectivity index (χ2n) is 14.2. The monoisotopic (exact) mass is 762 g/mol. The topological polar surface area (TPSA) is 169 Å². The number of esters is 1. The lowest BCUT2D eigenvalue weighted by atomic mass is 10.0. The maximum atomic E-state index is 12.3. The van der Waals surface area contributed by atoms with Crippen molar-refractivity contribution in [3.63, 3.8) is 0 Å². The maximum absolute atomic E-state index is 12.3. The number of phosphoric ester groups is 1. The van der Waals surface area contributed by atoms with Gasteiger partial charge < -0.3 is 25.2 Å². The fraction of sp³-hybridized carbons (Fsp3) is 0.875. The van der Waals surface area contributed by atoms with Crippen LogP contribution in [0.3, 0.4) is 0 Å². The molecule has 0 radical (unpaired) electrons. The Labute approximate surface area is 316 Å². The minimum absolute atomic E-state index is 0.150. The van der Waals surface area contributed by atoms with E-state index in [9.17, 15) is 34.1 Å². The molecule has 11 nitrogen and oxygen atoms in total. The molecule has 0 aromatic heterocycles. The average Bonchev–Trinajstić information content (AvgIpc) is 3.11. The van der Waals surface area contributed by atoms with Crippen molar-refractivity contribution in [3.05, 3.63) is 12.2 Å². The number of carbonyl (C=O) groups excluding carboxylic acids is 2. The van der Waals surface area contributed by atoms with Crippen LogP contribution in [0.1, 0.15) is 194 Å². The summed E-state index contributed by atoms with van der Waals surface area (Å²) in [7, 11) is -4.75. The summed E-state index contributed by atoms with van der Waals surface area (Å²) in [4.78, 5) is 45.8. The fourth-order valence-corrected chi connectivity index (χ4v) is 6.55. The Morgan fingerprint density at radius 1 is 0.596 bits per heavy atom. The Morgan fingerprint density at radius 2 is 1.00 bits per heavy atom. The van der Waals surface area contributed by atoms with E-state index in [1.54, 1.807) is 0 Å². The molecule has 0 heterocycles. The van der Waals surface area contributed by atoms with Crippen LogP contribution in [0, 0.1) is 0 Å². The van der Waals surface area contributed by atoms with Gasteiger partial charge in [0.25, 0.3) is 0 Å². The molecule has 0 spiro atoms. The lowest BCUT2D eigenvalue weighted by molar-refractivity contribution is -0.147. The van der Waals surface area contributed by atoms with Crippen molar-refractivity contribution < 1.29 is 47.8 Å². The molecule has 12 heteroatoms. The lowest BCUT2D eigenvalue weighted by Crippen LogP contribution is -2.43. The summed E-state index contributed by atoms with van der Waals surface area (Å²) < 4.78 is 26.8. The van der Waals surface area contributed by atoms with Crippen LogP contribution < -0.4 is 5.32 Å². The van der Waals surface area contributed by atoms with Gasteiger partial charge in [0.2, 0.25) is 5.91 Å². The highest BCUT2D eigenvalue weighted by Crippen LogP contribution is 2.43. The van der Waals surface area contributed by atoms with Gasteiger partial charge in [-0.2, -0.15) is 0 Å². The number of carboxylic acids is 1. The van der Waals surface area contributed by atoms with Crippen molar-refractivity contribution in [3.8, 4) is 0 Å². The molecule has 0 saturated heterocycles. The largest absolute Gasteiger partial charge is 0.480 e. The number of carboxylic acid groups (broad SMARTS) is 1. The zero-order chi connectivity index (χ0) is 38.5.